The first-order valence-corrected chi connectivity index (χ1v) is 7.04. The molecule has 0 aliphatic rings. The molecule has 2 N–H and O–H groups in total. The van der Waals surface area contributed by atoms with Gasteiger partial charge in [-0.2, -0.15) is 0 Å². The summed E-state index contributed by atoms with van der Waals surface area (Å²) in [5.74, 6) is 0.235. The molecule has 1 rings (SSSR count). The molecule has 0 spiro atoms. The number of nitrogens with zero attached hydrogens (tertiary/aromatic N) is 1. The maximum atomic E-state index is 11.9. The molecule has 5 nitrogen and oxygen atoms in total. The summed E-state index contributed by atoms with van der Waals surface area (Å²) in [5, 5.41) is 0. The van der Waals surface area contributed by atoms with Crippen LogP contribution in [0.2, 0.25) is 0 Å². The number of benzene rings is 1. The Balaban J connectivity index is 2.53. The fraction of sp³-hybridized carbons (Fsp3) is 0.533. The quantitative estimate of drug-likeness (QED) is 0.584. The van der Waals surface area contributed by atoms with Crippen LogP contribution in [-0.4, -0.2) is 43.7 Å². The van der Waals surface area contributed by atoms with Crippen molar-refractivity contribution in [2.75, 3.05) is 38.6 Å². The summed E-state index contributed by atoms with van der Waals surface area (Å²) in [7, 11) is 0. The minimum atomic E-state index is -0.355. The van der Waals surface area contributed by atoms with E-state index >= 15 is 0 Å². The average molecular weight is 280 g/mol. The van der Waals surface area contributed by atoms with Crippen molar-refractivity contribution in [1.82, 2.24) is 4.90 Å². The highest BCUT2D eigenvalue weighted by atomic mass is 16.5. The van der Waals surface area contributed by atoms with E-state index in [0.717, 1.165) is 19.6 Å². The lowest BCUT2D eigenvalue weighted by atomic mass is 10.2. The first-order valence-electron chi connectivity index (χ1n) is 7.04. The van der Waals surface area contributed by atoms with Gasteiger partial charge < -0.3 is 20.1 Å². The predicted molar refractivity (Wildman–Crippen MR) is 80.1 cm³/mol. The minimum absolute atomic E-state index is 0.355. The largest absolute Gasteiger partial charge is 0.492 e. The summed E-state index contributed by atoms with van der Waals surface area (Å²) in [6.45, 7) is 9.61. The fourth-order valence-electron chi connectivity index (χ4n) is 1.85. The van der Waals surface area contributed by atoms with Gasteiger partial charge >= 0.3 is 5.97 Å². The van der Waals surface area contributed by atoms with Crippen LogP contribution in [0.15, 0.2) is 18.2 Å². The first-order chi connectivity index (χ1) is 9.62. The standard InChI is InChI=1S/C15H24N2O3/c1-4-17(5-2)9-10-20-15(18)12-7-8-14(19-6-3)13(16)11-12/h7-8,11H,4-6,9-10,16H2,1-3H3. The molecule has 1 aromatic rings. The Morgan fingerprint density at radius 2 is 1.95 bits per heavy atom. The van der Waals surface area contributed by atoms with E-state index in [1.165, 1.54) is 0 Å². The zero-order valence-electron chi connectivity index (χ0n) is 12.5. The van der Waals surface area contributed by atoms with Crippen molar-refractivity contribution in [1.29, 1.82) is 0 Å². The third-order valence-electron chi connectivity index (χ3n) is 3.08. The SMILES string of the molecule is CCOc1ccc(C(=O)OCCN(CC)CC)cc1N. The molecule has 112 valence electrons. The Morgan fingerprint density at radius 1 is 1.25 bits per heavy atom. The third-order valence-corrected chi connectivity index (χ3v) is 3.08. The van der Waals surface area contributed by atoms with Gasteiger partial charge in [0.25, 0.3) is 0 Å². The normalized spacial score (nSPS) is 10.6. The lowest BCUT2D eigenvalue weighted by Gasteiger charge is -2.17. The maximum Gasteiger partial charge on any atom is 0.338 e. The average Bonchev–Trinajstić information content (AvgIpc) is 2.45. The van der Waals surface area contributed by atoms with E-state index in [1.54, 1.807) is 18.2 Å². The second-order valence-corrected chi connectivity index (χ2v) is 4.35. The van der Waals surface area contributed by atoms with Gasteiger partial charge in [0.15, 0.2) is 0 Å². The van der Waals surface area contributed by atoms with Gasteiger partial charge in [0, 0.05) is 6.54 Å². The molecule has 0 unspecified atom stereocenters. The van der Waals surface area contributed by atoms with Crippen LogP contribution >= 0.6 is 0 Å². The molecule has 0 atom stereocenters. The van der Waals surface area contributed by atoms with Crippen LogP contribution in [-0.2, 0) is 4.74 Å². The molecule has 0 heterocycles. The monoisotopic (exact) mass is 280 g/mol. The Labute approximate surface area is 120 Å². The number of likely N-dealkylation sites (N-methyl/N-ethyl adjacent to an activating group) is 1. The number of ether oxygens (including phenoxy) is 2. The number of hydrogen-bond acceptors (Lipinski definition) is 5. The number of rotatable bonds is 8. The van der Waals surface area contributed by atoms with Gasteiger partial charge in [-0.25, -0.2) is 4.79 Å². The van der Waals surface area contributed by atoms with E-state index in [9.17, 15) is 4.79 Å². The molecule has 0 saturated carbocycles. The highest BCUT2D eigenvalue weighted by Gasteiger charge is 2.10. The zero-order valence-corrected chi connectivity index (χ0v) is 12.5. The number of nitrogens with two attached hydrogens (primary N) is 1. The molecular formula is C15H24N2O3. The number of esters is 1. The van der Waals surface area contributed by atoms with Crippen LogP contribution in [0.3, 0.4) is 0 Å². The van der Waals surface area contributed by atoms with E-state index in [4.69, 9.17) is 15.2 Å². The van der Waals surface area contributed by atoms with Gasteiger partial charge in [0.05, 0.1) is 17.9 Å². The molecule has 0 fully saturated rings. The van der Waals surface area contributed by atoms with E-state index < -0.39 is 0 Å². The number of carbonyl (C=O) groups is 1. The molecule has 20 heavy (non-hydrogen) atoms. The molecule has 1 aromatic carbocycles. The number of anilines is 1. The topological polar surface area (TPSA) is 64.8 Å². The third kappa shape index (κ3) is 4.74. The van der Waals surface area contributed by atoms with Gasteiger partial charge in [0.1, 0.15) is 12.4 Å². The van der Waals surface area contributed by atoms with E-state index in [1.807, 2.05) is 6.92 Å². The Bertz CT molecular complexity index is 431. The second-order valence-electron chi connectivity index (χ2n) is 4.35. The first kappa shape index (κ1) is 16.3. The van der Waals surface area contributed by atoms with Gasteiger partial charge in [-0.05, 0) is 38.2 Å². The zero-order chi connectivity index (χ0) is 15.0. The smallest absolute Gasteiger partial charge is 0.338 e. The Hall–Kier alpha value is -1.75. The summed E-state index contributed by atoms with van der Waals surface area (Å²) in [6.07, 6.45) is 0. The summed E-state index contributed by atoms with van der Waals surface area (Å²) in [5.41, 5.74) is 6.72. The maximum absolute atomic E-state index is 11.9. The molecule has 0 radical (unpaired) electrons. The van der Waals surface area contributed by atoms with Crippen molar-refractivity contribution >= 4 is 11.7 Å². The van der Waals surface area contributed by atoms with E-state index in [2.05, 4.69) is 18.7 Å². The highest BCUT2D eigenvalue weighted by Crippen LogP contribution is 2.22. The van der Waals surface area contributed by atoms with E-state index in [-0.39, 0.29) is 5.97 Å². The van der Waals surface area contributed by atoms with Gasteiger partial charge in [-0.3, -0.25) is 0 Å². The second kappa shape index (κ2) is 8.43. The highest BCUT2D eigenvalue weighted by molar-refractivity contribution is 5.91. The molecule has 0 saturated heterocycles. The molecule has 0 aliphatic heterocycles. The fourth-order valence-corrected chi connectivity index (χ4v) is 1.85. The molecular weight excluding hydrogens is 256 g/mol. The summed E-state index contributed by atoms with van der Waals surface area (Å²) < 4.78 is 10.6. The van der Waals surface area contributed by atoms with Crippen LogP contribution in [0.1, 0.15) is 31.1 Å². The molecule has 5 heteroatoms. The van der Waals surface area contributed by atoms with Gasteiger partial charge in [-0.15, -0.1) is 0 Å². The molecule has 0 aliphatic carbocycles. The van der Waals surface area contributed by atoms with Crippen LogP contribution < -0.4 is 10.5 Å². The summed E-state index contributed by atoms with van der Waals surface area (Å²) >= 11 is 0. The predicted octanol–water partition coefficient (Wildman–Crippen LogP) is 2.17. The number of hydrogen-bond donors (Lipinski definition) is 1. The number of carbonyl (C=O) groups excluding carboxylic acids is 1. The van der Waals surface area contributed by atoms with Crippen molar-refractivity contribution in [3.8, 4) is 5.75 Å². The Kier molecular flexibility index (Phi) is 6.87. The van der Waals surface area contributed by atoms with Crippen LogP contribution in [0, 0.1) is 0 Å². The number of nitrogen functional groups attached to an aromatic ring is 1. The van der Waals surface area contributed by atoms with E-state index in [0.29, 0.717) is 30.2 Å². The van der Waals surface area contributed by atoms with Crippen molar-refractivity contribution in [3.63, 3.8) is 0 Å². The lowest BCUT2D eigenvalue weighted by molar-refractivity contribution is 0.0466. The van der Waals surface area contributed by atoms with Crippen molar-refractivity contribution < 1.29 is 14.3 Å². The minimum Gasteiger partial charge on any atom is -0.492 e. The summed E-state index contributed by atoms with van der Waals surface area (Å²) in [6, 6.07) is 4.95. The van der Waals surface area contributed by atoms with Crippen molar-refractivity contribution in [3.05, 3.63) is 23.8 Å². The van der Waals surface area contributed by atoms with Crippen molar-refractivity contribution in [2.24, 2.45) is 0 Å². The lowest BCUT2D eigenvalue weighted by Crippen LogP contribution is -2.27. The van der Waals surface area contributed by atoms with Gasteiger partial charge in [0.2, 0.25) is 0 Å². The van der Waals surface area contributed by atoms with Crippen LogP contribution in [0.5, 0.6) is 5.75 Å². The van der Waals surface area contributed by atoms with Gasteiger partial charge in [-0.1, -0.05) is 13.8 Å². The summed E-state index contributed by atoms with van der Waals surface area (Å²) in [4.78, 5) is 14.1. The molecule has 0 amide bonds. The molecule has 0 bridgehead atoms. The van der Waals surface area contributed by atoms with Crippen LogP contribution in [0.25, 0.3) is 0 Å². The van der Waals surface area contributed by atoms with Crippen LogP contribution in [0.4, 0.5) is 5.69 Å². The Morgan fingerprint density at radius 3 is 2.50 bits per heavy atom. The molecule has 0 aromatic heterocycles. The van der Waals surface area contributed by atoms with Crippen molar-refractivity contribution in [2.45, 2.75) is 20.8 Å².